The monoisotopic (exact) mass is 295 g/mol. The van der Waals surface area contributed by atoms with Crippen LogP contribution in [0.5, 0.6) is 0 Å². The van der Waals surface area contributed by atoms with E-state index in [9.17, 15) is 9.59 Å². The SMILES string of the molecule is CC(CCNC(=O)CCCSc1ccccc1)C(=O)O. The minimum Gasteiger partial charge on any atom is -0.481 e. The maximum atomic E-state index is 11.5. The number of carboxylic acids is 1. The van der Waals surface area contributed by atoms with Crippen molar-refractivity contribution in [2.75, 3.05) is 12.3 Å². The number of benzene rings is 1. The molecule has 1 unspecified atom stereocenters. The summed E-state index contributed by atoms with van der Waals surface area (Å²) < 4.78 is 0. The molecule has 1 atom stereocenters. The van der Waals surface area contributed by atoms with Gasteiger partial charge in [-0.15, -0.1) is 11.8 Å². The maximum absolute atomic E-state index is 11.5. The molecular formula is C15H21NO3S. The number of hydrogen-bond acceptors (Lipinski definition) is 3. The van der Waals surface area contributed by atoms with Crippen LogP contribution in [0.1, 0.15) is 26.2 Å². The molecule has 1 rings (SSSR count). The summed E-state index contributed by atoms with van der Waals surface area (Å²) in [5.41, 5.74) is 0. The molecule has 5 heteroatoms. The Hall–Kier alpha value is -1.49. The van der Waals surface area contributed by atoms with Crippen LogP contribution < -0.4 is 5.32 Å². The van der Waals surface area contributed by atoms with Crippen molar-refractivity contribution in [3.63, 3.8) is 0 Å². The molecule has 0 saturated carbocycles. The predicted molar refractivity (Wildman–Crippen MR) is 80.8 cm³/mol. The summed E-state index contributed by atoms with van der Waals surface area (Å²) in [6, 6.07) is 10.1. The van der Waals surface area contributed by atoms with E-state index >= 15 is 0 Å². The summed E-state index contributed by atoms with van der Waals surface area (Å²) in [6.45, 7) is 2.07. The van der Waals surface area contributed by atoms with Crippen LogP contribution in [0.4, 0.5) is 0 Å². The van der Waals surface area contributed by atoms with Gasteiger partial charge in [0.1, 0.15) is 0 Å². The van der Waals surface area contributed by atoms with Gasteiger partial charge < -0.3 is 10.4 Å². The number of amides is 1. The lowest BCUT2D eigenvalue weighted by atomic mass is 10.1. The second kappa shape index (κ2) is 9.42. The fourth-order valence-electron chi connectivity index (χ4n) is 1.58. The first-order valence-electron chi connectivity index (χ1n) is 6.77. The number of thioether (sulfide) groups is 1. The Bertz CT molecular complexity index is 422. The Morgan fingerprint density at radius 2 is 2.00 bits per heavy atom. The predicted octanol–water partition coefficient (Wildman–Crippen LogP) is 2.79. The third kappa shape index (κ3) is 7.19. The van der Waals surface area contributed by atoms with E-state index in [-0.39, 0.29) is 5.91 Å². The second-order valence-electron chi connectivity index (χ2n) is 4.64. The van der Waals surface area contributed by atoms with Crippen LogP contribution in [0.25, 0.3) is 0 Å². The zero-order valence-electron chi connectivity index (χ0n) is 11.7. The van der Waals surface area contributed by atoms with Crippen molar-refractivity contribution < 1.29 is 14.7 Å². The minimum absolute atomic E-state index is 0.00347. The highest BCUT2D eigenvalue weighted by Gasteiger charge is 2.10. The van der Waals surface area contributed by atoms with Gasteiger partial charge in [-0.3, -0.25) is 9.59 Å². The molecule has 0 aliphatic rings. The van der Waals surface area contributed by atoms with Crippen LogP contribution in [-0.4, -0.2) is 29.3 Å². The van der Waals surface area contributed by atoms with Crippen molar-refractivity contribution in [3.8, 4) is 0 Å². The molecule has 0 heterocycles. The third-order valence-electron chi connectivity index (χ3n) is 2.88. The molecule has 0 aliphatic heterocycles. The fraction of sp³-hybridized carbons (Fsp3) is 0.467. The summed E-state index contributed by atoms with van der Waals surface area (Å²) in [7, 11) is 0. The van der Waals surface area contributed by atoms with Crippen molar-refractivity contribution in [1.82, 2.24) is 5.32 Å². The van der Waals surface area contributed by atoms with Crippen LogP contribution in [0.15, 0.2) is 35.2 Å². The standard InChI is InChI=1S/C15H21NO3S/c1-12(15(18)19)9-10-16-14(17)8-5-11-20-13-6-3-2-4-7-13/h2-4,6-7,12H,5,8-11H2,1H3,(H,16,17)(H,18,19). The molecule has 1 aromatic rings. The first-order valence-corrected chi connectivity index (χ1v) is 7.75. The van der Waals surface area contributed by atoms with Crippen LogP contribution in [-0.2, 0) is 9.59 Å². The molecule has 0 bridgehead atoms. The zero-order chi connectivity index (χ0) is 14.8. The molecule has 20 heavy (non-hydrogen) atoms. The van der Waals surface area contributed by atoms with E-state index in [1.54, 1.807) is 18.7 Å². The molecule has 4 nitrogen and oxygen atoms in total. The Labute approximate surface area is 124 Å². The smallest absolute Gasteiger partial charge is 0.306 e. The second-order valence-corrected chi connectivity index (χ2v) is 5.81. The van der Waals surface area contributed by atoms with Crippen LogP contribution in [0, 0.1) is 5.92 Å². The van der Waals surface area contributed by atoms with Crippen LogP contribution in [0.3, 0.4) is 0 Å². The van der Waals surface area contributed by atoms with E-state index in [0.29, 0.717) is 19.4 Å². The summed E-state index contributed by atoms with van der Waals surface area (Å²) in [4.78, 5) is 23.4. The Morgan fingerprint density at radius 1 is 1.30 bits per heavy atom. The number of carbonyl (C=O) groups is 2. The number of hydrogen-bond donors (Lipinski definition) is 2. The summed E-state index contributed by atoms with van der Waals surface area (Å²) in [6.07, 6.45) is 1.78. The van der Waals surface area contributed by atoms with Gasteiger partial charge in [-0.1, -0.05) is 25.1 Å². The number of carbonyl (C=O) groups excluding carboxylic acids is 1. The third-order valence-corrected chi connectivity index (χ3v) is 3.98. The topological polar surface area (TPSA) is 66.4 Å². The largest absolute Gasteiger partial charge is 0.481 e. The van der Waals surface area contributed by atoms with Crippen molar-refractivity contribution in [1.29, 1.82) is 0 Å². The molecule has 0 spiro atoms. The number of rotatable bonds is 9. The summed E-state index contributed by atoms with van der Waals surface area (Å²) in [5, 5.41) is 11.5. The van der Waals surface area contributed by atoms with E-state index in [4.69, 9.17) is 5.11 Å². The summed E-state index contributed by atoms with van der Waals surface area (Å²) in [5.74, 6) is -0.332. The van der Waals surface area contributed by atoms with Crippen molar-refractivity contribution in [2.24, 2.45) is 5.92 Å². The molecule has 0 radical (unpaired) electrons. The number of aliphatic carboxylic acids is 1. The highest BCUT2D eigenvalue weighted by molar-refractivity contribution is 7.99. The lowest BCUT2D eigenvalue weighted by Gasteiger charge is -2.07. The minimum atomic E-state index is -0.821. The molecule has 2 N–H and O–H groups in total. The van der Waals surface area contributed by atoms with E-state index in [1.807, 2.05) is 18.2 Å². The van der Waals surface area contributed by atoms with Gasteiger partial charge in [0.15, 0.2) is 0 Å². The van der Waals surface area contributed by atoms with Gasteiger partial charge in [-0.05, 0) is 30.7 Å². The van der Waals surface area contributed by atoms with Gasteiger partial charge in [0.25, 0.3) is 0 Å². The van der Waals surface area contributed by atoms with E-state index < -0.39 is 11.9 Å². The van der Waals surface area contributed by atoms with Crippen LogP contribution in [0.2, 0.25) is 0 Å². The van der Waals surface area contributed by atoms with Gasteiger partial charge in [0.2, 0.25) is 5.91 Å². The van der Waals surface area contributed by atoms with E-state index in [1.165, 1.54) is 4.90 Å². The highest BCUT2D eigenvalue weighted by Crippen LogP contribution is 2.18. The molecule has 0 aromatic heterocycles. The van der Waals surface area contributed by atoms with E-state index in [2.05, 4.69) is 17.4 Å². The van der Waals surface area contributed by atoms with E-state index in [0.717, 1.165) is 12.2 Å². The van der Waals surface area contributed by atoms with Gasteiger partial charge >= 0.3 is 5.97 Å². The summed E-state index contributed by atoms with van der Waals surface area (Å²) >= 11 is 1.74. The Morgan fingerprint density at radius 3 is 2.65 bits per heavy atom. The highest BCUT2D eigenvalue weighted by atomic mass is 32.2. The lowest BCUT2D eigenvalue weighted by Crippen LogP contribution is -2.26. The van der Waals surface area contributed by atoms with Gasteiger partial charge in [0, 0.05) is 17.9 Å². The fourth-order valence-corrected chi connectivity index (χ4v) is 2.45. The zero-order valence-corrected chi connectivity index (χ0v) is 12.5. The molecule has 0 fully saturated rings. The number of nitrogens with one attached hydrogen (secondary N) is 1. The van der Waals surface area contributed by atoms with Crippen molar-refractivity contribution in [2.45, 2.75) is 31.1 Å². The normalized spacial score (nSPS) is 11.8. The average Bonchev–Trinajstić information content (AvgIpc) is 2.44. The molecule has 1 aromatic carbocycles. The maximum Gasteiger partial charge on any atom is 0.306 e. The lowest BCUT2D eigenvalue weighted by molar-refractivity contribution is -0.141. The molecule has 0 saturated heterocycles. The van der Waals surface area contributed by atoms with Gasteiger partial charge in [-0.2, -0.15) is 0 Å². The van der Waals surface area contributed by atoms with Crippen molar-refractivity contribution in [3.05, 3.63) is 30.3 Å². The van der Waals surface area contributed by atoms with Gasteiger partial charge in [0.05, 0.1) is 5.92 Å². The molecule has 0 aliphatic carbocycles. The van der Waals surface area contributed by atoms with Crippen LogP contribution >= 0.6 is 11.8 Å². The average molecular weight is 295 g/mol. The number of carboxylic acid groups (broad SMARTS) is 1. The van der Waals surface area contributed by atoms with Gasteiger partial charge in [-0.25, -0.2) is 0 Å². The molecule has 110 valence electrons. The quantitative estimate of drug-likeness (QED) is 0.543. The first kappa shape index (κ1) is 16.6. The molecular weight excluding hydrogens is 274 g/mol. The first-order chi connectivity index (χ1) is 9.59. The Kier molecular flexibility index (Phi) is 7.80. The van der Waals surface area contributed by atoms with Crippen molar-refractivity contribution >= 4 is 23.6 Å². The Balaban J connectivity index is 2.04. The molecule has 1 amide bonds.